The van der Waals surface area contributed by atoms with Crippen LogP contribution in [0.5, 0.6) is 0 Å². The van der Waals surface area contributed by atoms with Crippen LogP contribution in [-0.4, -0.2) is 15.9 Å². The molecule has 0 radical (unpaired) electrons. The Morgan fingerprint density at radius 1 is 1.06 bits per heavy atom. The minimum absolute atomic E-state index is 0. The summed E-state index contributed by atoms with van der Waals surface area (Å²) in [7, 11) is 0. The molecular weight excluding hydrogens is 300 g/mol. The van der Waals surface area contributed by atoms with Gasteiger partial charge in [0.05, 0.1) is 0 Å². The summed E-state index contributed by atoms with van der Waals surface area (Å²) in [5.74, 6) is -0.102. The zero-order valence-electron chi connectivity index (χ0n) is 7.97. The van der Waals surface area contributed by atoms with Crippen molar-refractivity contribution in [3.05, 3.63) is 54.6 Å². The van der Waals surface area contributed by atoms with E-state index < -0.39 is 0 Å². The van der Waals surface area contributed by atoms with Crippen molar-refractivity contribution < 1.29 is 26.1 Å². The fraction of sp³-hybridized carbons (Fsp3) is 0.100. The van der Waals surface area contributed by atoms with Crippen LogP contribution in [0, 0.1) is 0 Å². The fourth-order valence-corrected chi connectivity index (χ4v) is 0.742. The third kappa shape index (κ3) is 14.1. The summed E-state index contributed by atoms with van der Waals surface area (Å²) in [5.41, 5.74) is 0. The van der Waals surface area contributed by atoms with Crippen molar-refractivity contribution in [1.29, 1.82) is 0 Å². The van der Waals surface area contributed by atoms with E-state index in [-0.39, 0.29) is 63.3 Å². The monoisotopic (exact) mass is 315 g/mol. The summed E-state index contributed by atoms with van der Waals surface area (Å²) in [5, 5.41) is 0. The topological polar surface area (TPSA) is 12.9 Å². The molecule has 0 amide bonds. The molecule has 90 valence electrons. The van der Waals surface area contributed by atoms with Crippen molar-refractivity contribution in [3.63, 3.8) is 0 Å². The number of hydrogen-bond acceptors (Lipinski definition) is 1. The molecule has 0 saturated heterocycles. The number of hydrogen-bond donors (Lipinski definition) is 0. The van der Waals surface area contributed by atoms with E-state index in [1.807, 2.05) is 18.2 Å². The Morgan fingerprint density at radius 3 is 1.75 bits per heavy atom. The van der Waals surface area contributed by atoms with Gasteiger partial charge < -0.3 is 0 Å². The van der Waals surface area contributed by atoms with Gasteiger partial charge in [0.1, 0.15) is 5.83 Å². The Hall–Kier alpha value is 0.0712. The molecule has 0 fully saturated rings. The van der Waals surface area contributed by atoms with Gasteiger partial charge in [0.15, 0.2) is 0 Å². The summed E-state index contributed by atoms with van der Waals surface area (Å²) in [4.78, 5) is 3.78. The molecule has 1 aromatic heterocycles. The number of aromatic nitrogens is 1. The van der Waals surface area contributed by atoms with Gasteiger partial charge in [-0.05, 0) is 41.7 Å². The average Bonchev–Trinajstić information content (AvgIpc) is 2.60. The van der Waals surface area contributed by atoms with Crippen molar-refractivity contribution >= 4 is 35.8 Å². The Morgan fingerprint density at radius 2 is 1.62 bits per heavy atom. The van der Waals surface area contributed by atoms with Gasteiger partial charge in [0.2, 0.25) is 0 Å². The zero-order valence-corrected chi connectivity index (χ0v) is 11.2. The van der Waals surface area contributed by atoms with Gasteiger partial charge in [-0.25, -0.2) is 4.39 Å². The Kier molecular flexibility index (Phi) is 27.3. The number of halogens is 3. The van der Waals surface area contributed by atoms with Crippen LogP contribution in [0.2, 0.25) is 0 Å². The molecule has 1 nitrogen and oxygen atoms in total. The van der Waals surface area contributed by atoms with Gasteiger partial charge >= 0.3 is 0 Å². The average molecular weight is 316 g/mol. The van der Waals surface area contributed by atoms with Crippen LogP contribution < -0.4 is 0 Å². The van der Waals surface area contributed by atoms with Gasteiger partial charge in [-0.15, -0.1) is 24.8 Å². The van der Waals surface area contributed by atoms with E-state index in [0.717, 1.165) is 6.42 Å². The quantitative estimate of drug-likeness (QED) is 0.669. The van der Waals surface area contributed by atoms with E-state index >= 15 is 0 Å². The third-order valence-electron chi connectivity index (χ3n) is 1.29. The molecule has 1 aliphatic rings. The van der Waals surface area contributed by atoms with Crippen LogP contribution >= 0.6 is 24.8 Å². The normalized spacial score (nSPS) is 9.94. The van der Waals surface area contributed by atoms with Crippen LogP contribution in [0.1, 0.15) is 6.42 Å². The maximum Gasteiger partial charge on any atom is 0.119 e. The molecule has 1 aliphatic carbocycles. The molecule has 6 heteroatoms. The first-order valence-electron chi connectivity index (χ1n) is 3.77. The molecule has 0 aromatic carbocycles. The summed E-state index contributed by atoms with van der Waals surface area (Å²) in [6, 6.07) is 5.72. The first kappa shape index (κ1) is 25.1. The Bertz CT molecular complexity index is 254. The smallest absolute Gasteiger partial charge is 0.119 e. The molecule has 16 heavy (non-hydrogen) atoms. The van der Waals surface area contributed by atoms with Gasteiger partial charge in [-0.3, -0.25) is 4.98 Å². The maximum absolute atomic E-state index is 11.7. The van der Waals surface area contributed by atoms with Gasteiger partial charge in [0, 0.05) is 34.1 Å². The van der Waals surface area contributed by atoms with E-state index in [1.165, 1.54) is 6.08 Å². The van der Waals surface area contributed by atoms with E-state index in [1.54, 1.807) is 24.5 Å². The first-order chi connectivity index (χ1) is 5.89. The zero-order chi connectivity index (χ0) is 8.65. The minimum Gasteiger partial charge on any atom is -0.265 e. The summed E-state index contributed by atoms with van der Waals surface area (Å²) in [6.45, 7) is 0. The minimum atomic E-state index is -0.102. The number of pyridine rings is 1. The predicted molar refractivity (Wildman–Crippen MR) is 73.0 cm³/mol. The number of allylic oxidation sites excluding steroid dienone is 4. The first-order valence-corrected chi connectivity index (χ1v) is 3.77. The van der Waals surface area contributed by atoms with E-state index in [2.05, 4.69) is 4.98 Å². The second kappa shape index (κ2) is 17.5. The molecule has 0 aliphatic heterocycles. The van der Waals surface area contributed by atoms with E-state index in [4.69, 9.17) is 0 Å². The van der Waals surface area contributed by atoms with Crippen molar-refractivity contribution in [2.45, 2.75) is 6.42 Å². The summed E-state index contributed by atoms with van der Waals surface area (Å²) < 4.78 is 11.7. The molecule has 2 rings (SSSR count). The molecule has 1 heterocycles. The Balaban J connectivity index is -0.0000000720. The van der Waals surface area contributed by atoms with Crippen LogP contribution in [0.3, 0.4) is 0 Å². The molecule has 0 unspecified atom stereocenters. The SMILES string of the molecule is Cl.Cl.FC1=CCC=C1.[SiH4].[Ti].c1ccncc1. The van der Waals surface area contributed by atoms with Gasteiger partial charge in [-0.1, -0.05) is 12.1 Å². The molecule has 0 bridgehead atoms. The molecule has 0 saturated carbocycles. The largest absolute Gasteiger partial charge is 0.265 e. The predicted octanol–water partition coefficient (Wildman–Crippen LogP) is 2.27. The third-order valence-corrected chi connectivity index (χ3v) is 1.29. The molecule has 0 atom stereocenters. The second-order valence-electron chi connectivity index (χ2n) is 2.25. The van der Waals surface area contributed by atoms with E-state index in [9.17, 15) is 4.39 Å². The summed E-state index contributed by atoms with van der Waals surface area (Å²) >= 11 is 0. The van der Waals surface area contributed by atoms with Crippen molar-refractivity contribution in [2.24, 2.45) is 0 Å². The molecular formula is C10H16Cl2FNSiTi. The number of nitrogens with zero attached hydrogens (tertiary/aromatic N) is 1. The molecule has 0 spiro atoms. The van der Waals surface area contributed by atoms with Crippen LogP contribution in [-0.2, 0) is 21.7 Å². The fourth-order valence-electron chi connectivity index (χ4n) is 0.742. The van der Waals surface area contributed by atoms with E-state index in [0.29, 0.717) is 0 Å². The van der Waals surface area contributed by atoms with Crippen molar-refractivity contribution in [1.82, 2.24) is 4.98 Å². The summed E-state index contributed by atoms with van der Waals surface area (Å²) in [6.07, 6.45) is 9.07. The second-order valence-corrected chi connectivity index (χ2v) is 2.25. The van der Waals surface area contributed by atoms with Crippen LogP contribution in [0.4, 0.5) is 4.39 Å². The van der Waals surface area contributed by atoms with Gasteiger partial charge in [-0.2, -0.15) is 0 Å². The van der Waals surface area contributed by atoms with Crippen LogP contribution in [0.15, 0.2) is 54.6 Å². The maximum atomic E-state index is 11.7. The van der Waals surface area contributed by atoms with Crippen LogP contribution in [0.25, 0.3) is 0 Å². The molecule has 0 N–H and O–H groups in total. The van der Waals surface area contributed by atoms with Crippen molar-refractivity contribution in [3.8, 4) is 0 Å². The number of rotatable bonds is 0. The standard InChI is InChI=1S/C5H5F.C5H5N.2ClH.H4Si.Ti/c6-5-3-1-2-4-5;1-2-4-6-5-3-1;;;;/h1,3-4H,2H2;1-5H;2*1H;1H4;. The molecule has 1 aromatic rings. The Labute approximate surface area is 127 Å². The van der Waals surface area contributed by atoms with Gasteiger partial charge in [0.25, 0.3) is 0 Å². The van der Waals surface area contributed by atoms with Crippen molar-refractivity contribution in [2.75, 3.05) is 0 Å².